The first-order valence-corrected chi connectivity index (χ1v) is 3.99. The summed E-state index contributed by atoms with van der Waals surface area (Å²) in [6.07, 6.45) is 4.91. The summed E-state index contributed by atoms with van der Waals surface area (Å²) in [5, 5.41) is 0. The van der Waals surface area contributed by atoms with Crippen LogP contribution >= 0.6 is 0 Å². The molecule has 0 aliphatic rings. The van der Waals surface area contributed by atoms with Crippen molar-refractivity contribution in [2.75, 3.05) is 13.2 Å². The van der Waals surface area contributed by atoms with Gasteiger partial charge in [0.15, 0.2) is 0 Å². The molecule has 0 spiro atoms. The van der Waals surface area contributed by atoms with Gasteiger partial charge in [-0.05, 0) is 12.8 Å². The molecule has 0 aliphatic carbocycles. The molecule has 0 radical (unpaired) electrons. The molecule has 0 aromatic carbocycles. The van der Waals surface area contributed by atoms with E-state index in [1.807, 2.05) is 0 Å². The standard InChI is InChI=1S/C8H18O.BH3.3FH/c1-3-5-7-9-8-6-4-2;;;;/h3-8H2,1-2H3;1H3;3*1H. The molecule has 0 amide bonds. The predicted octanol–water partition coefficient (Wildman–Crippen LogP) is 1.88. The van der Waals surface area contributed by atoms with E-state index in [2.05, 4.69) is 13.8 Å². The van der Waals surface area contributed by atoms with Crippen molar-refractivity contribution < 1.29 is 18.9 Å². The summed E-state index contributed by atoms with van der Waals surface area (Å²) in [4.78, 5) is 0. The molecule has 0 bridgehead atoms. The van der Waals surface area contributed by atoms with Crippen LogP contribution in [0, 0.1) is 0 Å². The molecule has 0 heterocycles. The fourth-order valence-electron chi connectivity index (χ4n) is 0.595. The molecule has 0 aromatic heterocycles. The highest BCUT2D eigenvalue weighted by Crippen LogP contribution is 1.91. The third-order valence-corrected chi connectivity index (χ3v) is 1.28. The van der Waals surface area contributed by atoms with Crippen LogP contribution in [0.5, 0.6) is 0 Å². The zero-order valence-corrected chi connectivity index (χ0v) is 7.88. The largest absolute Gasteiger partial charge is 0.381 e. The Bertz CT molecular complexity index is 52.7. The van der Waals surface area contributed by atoms with Crippen molar-refractivity contribution in [2.24, 2.45) is 0 Å². The van der Waals surface area contributed by atoms with Crippen molar-refractivity contribution in [1.82, 2.24) is 0 Å². The molecule has 0 unspecified atom stereocenters. The molecule has 5 heteroatoms. The molecular formula is C8H24BF3O. The fourth-order valence-corrected chi connectivity index (χ4v) is 0.595. The first-order chi connectivity index (χ1) is 4.41. The third kappa shape index (κ3) is 33.7. The van der Waals surface area contributed by atoms with Gasteiger partial charge in [-0.2, -0.15) is 0 Å². The average molecular weight is 204 g/mol. The summed E-state index contributed by atoms with van der Waals surface area (Å²) in [5.41, 5.74) is 0. The molecule has 0 aromatic rings. The fraction of sp³-hybridized carbons (Fsp3) is 1.00. The van der Waals surface area contributed by atoms with Gasteiger partial charge in [0.25, 0.3) is 0 Å². The number of unbranched alkanes of at least 4 members (excludes halogenated alkanes) is 2. The molecule has 13 heavy (non-hydrogen) atoms. The van der Waals surface area contributed by atoms with Gasteiger partial charge < -0.3 is 4.74 Å². The van der Waals surface area contributed by atoms with E-state index in [4.69, 9.17) is 4.74 Å². The topological polar surface area (TPSA) is 9.23 Å². The number of ether oxygens (including phenoxy) is 1. The van der Waals surface area contributed by atoms with Gasteiger partial charge in [-0.1, -0.05) is 26.7 Å². The van der Waals surface area contributed by atoms with Crippen molar-refractivity contribution in [2.45, 2.75) is 39.5 Å². The highest BCUT2D eigenvalue weighted by molar-refractivity contribution is 5.75. The summed E-state index contributed by atoms with van der Waals surface area (Å²) < 4.78 is 5.31. The van der Waals surface area contributed by atoms with E-state index in [0.29, 0.717) is 0 Å². The number of hydrogen-bond donors (Lipinski definition) is 0. The summed E-state index contributed by atoms with van der Waals surface area (Å²) in [6, 6.07) is 0. The molecule has 0 aliphatic heterocycles. The smallest absolute Gasteiger partial charge is 0.0814 e. The van der Waals surface area contributed by atoms with Crippen LogP contribution in [-0.4, -0.2) is 21.6 Å². The van der Waals surface area contributed by atoms with Crippen LogP contribution in [0.15, 0.2) is 0 Å². The summed E-state index contributed by atoms with van der Waals surface area (Å²) in [5.74, 6) is 0. The highest BCUT2D eigenvalue weighted by atomic mass is 19.0. The molecule has 0 fully saturated rings. The van der Waals surface area contributed by atoms with E-state index < -0.39 is 0 Å². The zero-order chi connectivity index (χ0) is 6.95. The van der Waals surface area contributed by atoms with E-state index in [1.54, 1.807) is 0 Å². The Morgan fingerprint density at radius 1 is 0.769 bits per heavy atom. The Labute approximate surface area is 80.9 Å². The van der Waals surface area contributed by atoms with Gasteiger partial charge in [-0.3, -0.25) is 14.1 Å². The molecule has 86 valence electrons. The minimum atomic E-state index is 0. The van der Waals surface area contributed by atoms with E-state index in [-0.39, 0.29) is 22.5 Å². The first-order valence-electron chi connectivity index (χ1n) is 3.99. The van der Waals surface area contributed by atoms with Gasteiger partial charge >= 0.3 is 0 Å². The highest BCUT2D eigenvalue weighted by Gasteiger charge is 1.84. The van der Waals surface area contributed by atoms with Gasteiger partial charge in [0, 0.05) is 13.2 Å². The van der Waals surface area contributed by atoms with E-state index in [9.17, 15) is 0 Å². The van der Waals surface area contributed by atoms with Crippen molar-refractivity contribution >= 4 is 8.41 Å². The lowest BCUT2D eigenvalue weighted by atomic mass is 10.3. The zero-order valence-electron chi connectivity index (χ0n) is 7.88. The van der Waals surface area contributed by atoms with Crippen LogP contribution in [0.25, 0.3) is 0 Å². The normalized spacial score (nSPS) is 6.92. The summed E-state index contributed by atoms with van der Waals surface area (Å²) in [6.45, 7) is 6.28. The lowest BCUT2D eigenvalue weighted by Gasteiger charge is -1.99. The second kappa shape index (κ2) is 29.8. The quantitative estimate of drug-likeness (QED) is 0.474. The van der Waals surface area contributed by atoms with Gasteiger partial charge in [-0.15, -0.1) is 0 Å². The molecular weight excluding hydrogens is 180 g/mol. The predicted molar refractivity (Wildman–Crippen MR) is 58.1 cm³/mol. The molecule has 0 rings (SSSR count). The average Bonchev–Trinajstić information content (AvgIpc) is 1.89. The molecule has 0 saturated heterocycles. The number of hydrogen-bond acceptors (Lipinski definition) is 1. The Balaban J connectivity index is -0.0000000533. The second-order valence-corrected chi connectivity index (χ2v) is 2.32. The van der Waals surface area contributed by atoms with Gasteiger partial charge in [0.05, 0.1) is 8.41 Å². The Hall–Kier alpha value is -0.185. The maximum absolute atomic E-state index is 5.31. The second-order valence-electron chi connectivity index (χ2n) is 2.32. The van der Waals surface area contributed by atoms with E-state index in [1.165, 1.54) is 25.7 Å². The van der Waals surface area contributed by atoms with Crippen LogP contribution in [0.3, 0.4) is 0 Å². The molecule has 0 N–H and O–H groups in total. The third-order valence-electron chi connectivity index (χ3n) is 1.28. The monoisotopic (exact) mass is 204 g/mol. The van der Waals surface area contributed by atoms with Crippen LogP contribution in [0.1, 0.15) is 39.5 Å². The number of rotatable bonds is 6. The van der Waals surface area contributed by atoms with Gasteiger partial charge in [0.1, 0.15) is 0 Å². The van der Waals surface area contributed by atoms with Crippen molar-refractivity contribution in [3.05, 3.63) is 0 Å². The lowest BCUT2D eigenvalue weighted by molar-refractivity contribution is 0.128. The number of halogens is 3. The van der Waals surface area contributed by atoms with Crippen LogP contribution in [0.4, 0.5) is 14.1 Å². The summed E-state index contributed by atoms with van der Waals surface area (Å²) >= 11 is 0. The Morgan fingerprint density at radius 3 is 1.31 bits per heavy atom. The maximum Gasteiger partial charge on any atom is 0.0814 e. The minimum Gasteiger partial charge on any atom is -0.381 e. The SMILES string of the molecule is B.CCCCOCCCC.F.F.F. The molecule has 0 saturated carbocycles. The van der Waals surface area contributed by atoms with Crippen LogP contribution in [-0.2, 0) is 4.74 Å². The van der Waals surface area contributed by atoms with E-state index >= 15 is 0 Å². The maximum atomic E-state index is 5.31. The van der Waals surface area contributed by atoms with E-state index in [0.717, 1.165) is 13.2 Å². The van der Waals surface area contributed by atoms with Crippen molar-refractivity contribution in [3.63, 3.8) is 0 Å². The van der Waals surface area contributed by atoms with Crippen LogP contribution in [0.2, 0.25) is 0 Å². The minimum absolute atomic E-state index is 0. The Morgan fingerprint density at radius 2 is 1.08 bits per heavy atom. The summed E-state index contributed by atoms with van der Waals surface area (Å²) in [7, 11) is 0. The first kappa shape index (κ1) is 29.3. The van der Waals surface area contributed by atoms with Crippen LogP contribution < -0.4 is 0 Å². The van der Waals surface area contributed by atoms with Crippen molar-refractivity contribution in [3.8, 4) is 0 Å². The Kier molecular flexibility index (Phi) is 67.0. The lowest BCUT2D eigenvalue weighted by Crippen LogP contribution is -1.95. The van der Waals surface area contributed by atoms with Gasteiger partial charge in [-0.25, -0.2) is 0 Å². The molecule has 1 nitrogen and oxygen atoms in total. The van der Waals surface area contributed by atoms with Crippen molar-refractivity contribution in [1.29, 1.82) is 0 Å². The molecule has 0 atom stereocenters. The van der Waals surface area contributed by atoms with Gasteiger partial charge in [0.2, 0.25) is 0 Å².